The van der Waals surface area contributed by atoms with Gasteiger partial charge in [0.05, 0.1) is 10.7 Å². The predicted molar refractivity (Wildman–Crippen MR) is 82.9 cm³/mol. The molecule has 0 fully saturated rings. The standard InChI is InChI=1S/C14H15BrClNS/c1-9-10(2)18-14(17-9)7-11(8-16)12-5-3-4-6-13(12)15/h3-6,11H,7-8H2,1-2H3. The molecule has 0 spiro atoms. The number of benzene rings is 1. The van der Waals surface area contributed by atoms with E-state index in [1.165, 1.54) is 15.4 Å². The summed E-state index contributed by atoms with van der Waals surface area (Å²) in [5.41, 5.74) is 2.40. The van der Waals surface area contributed by atoms with E-state index in [4.69, 9.17) is 11.6 Å². The number of aromatic nitrogens is 1. The van der Waals surface area contributed by atoms with Crippen LogP contribution in [-0.4, -0.2) is 10.9 Å². The second-order valence-corrected chi connectivity index (χ2v) is 6.78. The van der Waals surface area contributed by atoms with Crippen molar-refractivity contribution in [3.05, 3.63) is 49.9 Å². The van der Waals surface area contributed by atoms with Crippen LogP contribution in [0.15, 0.2) is 28.7 Å². The molecule has 2 rings (SSSR count). The first-order chi connectivity index (χ1) is 8.61. The molecule has 0 aliphatic carbocycles. The average Bonchev–Trinajstić information content (AvgIpc) is 2.66. The van der Waals surface area contributed by atoms with Gasteiger partial charge in [0.25, 0.3) is 0 Å². The number of thiazole rings is 1. The topological polar surface area (TPSA) is 12.9 Å². The quantitative estimate of drug-likeness (QED) is 0.704. The van der Waals surface area contributed by atoms with Crippen LogP contribution in [0.2, 0.25) is 0 Å². The molecule has 0 amide bonds. The third-order valence-corrected chi connectivity index (χ3v) is 5.22. The average molecular weight is 345 g/mol. The highest BCUT2D eigenvalue weighted by Gasteiger charge is 2.16. The van der Waals surface area contributed by atoms with Crippen LogP contribution in [0.4, 0.5) is 0 Å². The number of hydrogen-bond acceptors (Lipinski definition) is 2. The summed E-state index contributed by atoms with van der Waals surface area (Å²) in [5, 5.41) is 1.17. The second kappa shape index (κ2) is 6.18. The molecule has 4 heteroatoms. The van der Waals surface area contributed by atoms with E-state index in [9.17, 15) is 0 Å². The van der Waals surface area contributed by atoms with Gasteiger partial charge in [-0.1, -0.05) is 34.1 Å². The van der Waals surface area contributed by atoms with Crippen molar-refractivity contribution in [2.24, 2.45) is 0 Å². The van der Waals surface area contributed by atoms with Gasteiger partial charge in [0.1, 0.15) is 0 Å². The molecule has 1 nitrogen and oxygen atoms in total. The molecule has 1 aromatic heterocycles. The molecular weight excluding hydrogens is 330 g/mol. The lowest BCUT2D eigenvalue weighted by atomic mass is 9.98. The Morgan fingerprint density at radius 2 is 2.06 bits per heavy atom. The van der Waals surface area contributed by atoms with Crippen molar-refractivity contribution >= 4 is 38.9 Å². The number of rotatable bonds is 4. The molecule has 2 aromatic rings. The van der Waals surface area contributed by atoms with Crippen LogP contribution in [-0.2, 0) is 6.42 Å². The Morgan fingerprint density at radius 3 is 2.61 bits per heavy atom. The van der Waals surface area contributed by atoms with E-state index in [1.54, 1.807) is 11.3 Å². The monoisotopic (exact) mass is 343 g/mol. The van der Waals surface area contributed by atoms with Crippen LogP contribution in [0, 0.1) is 13.8 Å². The van der Waals surface area contributed by atoms with Gasteiger partial charge in [0, 0.05) is 27.6 Å². The van der Waals surface area contributed by atoms with E-state index < -0.39 is 0 Å². The fourth-order valence-electron chi connectivity index (χ4n) is 1.89. The first-order valence-electron chi connectivity index (χ1n) is 5.85. The summed E-state index contributed by atoms with van der Waals surface area (Å²) in [6.45, 7) is 4.17. The van der Waals surface area contributed by atoms with Gasteiger partial charge in [-0.15, -0.1) is 22.9 Å². The van der Waals surface area contributed by atoms with Gasteiger partial charge in [-0.25, -0.2) is 4.98 Å². The molecule has 96 valence electrons. The summed E-state index contributed by atoms with van der Waals surface area (Å²) >= 11 is 11.5. The van der Waals surface area contributed by atoms with E-state index in [0.29, 0.717) is 11.8 Å². The predicted octanol–water partition coefficient (Wildman–Crippen LogP) is 5.09. The van der Waals surface area contributed by atoms with Gasteiger partial charge in [-0.2, -0.15) is 0 Å². The molecule has 0 saturated heterocycles. The summed E-state index contributed by atoms with van der Waals surface area (Å²) in [4.78, 5) is 5.89. The first-order valence-corrected chi connectivity index (χ1v) is 7.99. The maximum Gasteiger partial charge on any atom is 0.0937 e. The Labute approximate surface area is 125 Å². The third-order valence-electron chi connectivity index (χ3n) is 3.03. The van der Waals surface area contributed by atoms with E-state index >= 15 is 0 Å². The van der Waals surface area contributed by atoms with E-state index in [0.717, 1.165) is 16.6 Å². The zero-order valence-electron chi connectivity index (χ0n) is 10.4. The lowest BCUT2D eigenvalue weighted by Crippen LogP contribution is -2.05. The smallest absolute Gasteiger partial charge is 0.0937 e. The number of alkyl halides is 1. The second-order valence-electron chi connectivity index (χ2n) is 4.33. The largest absolute Gasteiger partial charge is 0.246 e. The highest BCUT2D eigenvalue weighted by Crippen LogP contribution is 2.30. The summed E-state index contributed by atoms with van der Waals surface area (Å²) in [5.74, 6) is 0.924. The summed E-state index contributed by atoms with van der Waals surface area (Å²) in [6.07, 6.45) is 0.908. The molecule has 1 atom stereocenters. The summed E-state index contributed by atoms with van der Waals surface area (Å²) < 4.78 is 1.13. The number of halogens is 2. The van der Waals surface area contributed by atoms with E-state index in [2.05, 4.69) is 53.0 Å². The Bertz CT molecular complexity index is 519. The fraction of sp³-hybridized carbons (Fsp3) is 0.357. The lowest BCUT2D eigenvalue weighted by molar-refractivity contribution is 0.755. The fourth-order valence-corrected chi connectivity index (χ4v) is 3.79. The summed E-state index contributed by atoms with van der Waals surface area (Å²) in [6, 6.07) is 8.27. The molecule has 0 radical (unpaired) electrons. The van der Waals surface area contributed by atoms with Crippen LogP contribution in [0.25, 0.3) is 0 Å². The zero-order chi connectivity index (χ0) is 13.1. The third kappa shape index (κ3) is 3.14. The highest BCUT2D eigenvalue weighted by atomic mass is 79.9. The van der Waals surface area contributed by atoms with Crippen molar-refractivity contribution in [1.82, 2.24) is 4.98 Å². The van der Waals surface area contributed by atoms with Crippen molar-refractivity contribution in [3.8, 4) is 0 Å². The van der Waals surface area contributed by atoms with Crippen LogP contribution in [0.1, 0.15) is 27.1 Å². The first kappa shape index (κ1) is 14.0. The molecular formula is C14H15BrClNS. The Balaban J connectivity index is 2.22. The maximum atomic E-state index is 6.13. The maximum absolute atomic E-state index is 6.13. The SMILES string of the molecule is Cc1nc(CC(CCl)c2ccccc2Br)sc1C. The van der Waals surface area contributed by atoms with Crippen molar-refractivity contribution < 1.29 is 0 Å². The van der Waals surface area contributed by atoms with E-state index in [1.807, 2.05) is 6.07 Å². The molecule has 0 aliphatic heterocycles. The molecule has 1 aromatic carbocycles. The molecule has 18 heavy (non-hydrogen) atoms. The summed E-state index contributed by atoms with van der Waals surface area (Å²) in [7, 11) is 0. The van der Waals surface area contributed by atoms with Crippen molar-refractivity contribution in [1.29, 1.82) is 0 Å². The number of aryl methyl sites for hydroxylation is 2. The zero-order valence-corrected chi connectivity index (χ0v) is 13.6. The van der Waals surface area contributed by atoms with Gasteiger partial charge in [0.2, 0.25) is 0 Å². The normalized spacial score (nSPS) is 12.7. The van der Waals surface area contributed by atoms with Gasteiger partial charge in [-0.05, 0) is 25.5 Å². The van der Waals surface area contributed by atoms with Crippen LogP contribution >= 0.6 is 38.9 Å². The van der Waals surface area contributed by atoms with Crippen LogP contribution in [0.5, 0.6) is 0 Å². The van der Waals surface area contributed by atoms with Gasteiger partial charge >= 0.3 is 0 Å². The minimum atomic E-state index is 0.312. The minimum Gasteiger partial charge on any atom is -0.246 e. The van der Waals surface area contributed by atoms with Gasteiger partial charge in [-0.3, -0.25) is 0 Å². The molecule has 0 aliphatic rings. The van der Waals surface area contributed by atoms with Crippen LogP contribution in [0.3, 0.4) is 0 Å². The Morgan fingerprint density at radius 1 is 1.33 bits per heavy atom. The molecule has 1 unspecified atom stereocenters. The van der Waals surface area contributed by atoms with Crippen LogP contribution < -0.4 is 0 Å². The number of nitrogens with zero attached hydrogens (tertiary/aromatic N) is 1. The van der Waals surface area contributed by atoms with Crippen molar-refractivity contribution in [2.75, 3.05) is 5.88 Å². The van der Waals surface area contributed by atoms with Crippen molar-refractivity contribution in [3.63, 3.8) is 0 Å². The molecule has 1 heterocycles. The van der Waals surface area contributed by atoms with Crippen molar-refractivity contribution in [2.45, 2.75) is 26.2 Å². The number of hydrogen-bond donors (Lipinski definition) is 0. The Kier molecular flexibility index (Phi) is 4.82. The molecule has 0 N–H and O–H groups in total. The highest BCUT2D eigenvalue weighted by molar-refractivity contribution is 9.10. The lowest BCUT2D eigenvalue weighted by Gasteiger charge is -2.14. The van der Waals surface area contributed by atoms with Gasteiger partial charge in [0.15, 0.2) is 0 Å². The molecule has 0 saturated carbocycles. The van der Waals surface area contributed by atoms with E-state index in [-0.39, 0.29) is 0 Å². The minimum absolute atomic E-state index is 0.312. The van der Waals surface area contributed by atoms with Gasteiger partial charge < -0.3 is 0 Å². The Hall–Kier alpha value is -0.380. The molecule has 0 bridgehead atoms.